The van der Waals surface area contributed by atoms with Gasteiger partial charge >= 0.3 is 0 Å². The van der Waals surface area contributed by atoms with E-state index in [1.54, 1.807) is 17.8 Å². The minimum Gasteiger partial charge on any atom is -0.398 e. The van der Waals surface area contributed by atoms with E-state index in [4.69, 9.17) is 5.73 Å². The zero-order valence-corrected chi connectivity index (χ0v) is 12.3. The molecule has 0 aliphatic heterocycles. The fourth-order valence-electron chi connectivity index (χ4n) is 1.63. The van der Waals surface area contributed by atoms with E-state index in [9.17, 15) is 4.39 Å². The highest BCUT2D eigenvalue weighted by atomic mass is 79.9. The van der Waals surface area contributed by atoms with Crippen LogP contribution in [0.4, 0.5) is 10.1 Å². The average molecular weight is 326 g/mol. The van der Waals surface area contributed by atoms with Gasteiger partial charge in [0.2, 0.25) is 0 Å². The molecule has 0 amide bonds. The van der Waals surface area contributed by atoms with Gasteiger partial charge in [-0.2, -0.15) is 0 Å². The van der Waals surface area contributed by atoms with Crippen LogP contribution in [0.5, 0.6) is 0 Å². The van der Waals surface area contributed by atoms with Gasteiger partial charge < -0.3 is 5.73 Å². The number of hydrogen-bond acceptors (Lipinski definition) is 2. The molecule has 0 aromatic heterocycles. The second-order valence-electron chi connectivity index (χ2n) is 4.08. The van der Waals surface area contributed by atoms with Crippen molar-refractivity contribution in [2.24, 2.45) is 0 Å². The Morgan fingerprint density at radius 1 is 1.28 bits per heavy atom. The first-order valence-electron chi connectivity index (χ1n) is 5.49. The van der Waals surface area contributed by atoms with Gasteiger partial charge in [-0.3, -0.25) is 0 Å². The summed E-state index contributed by atoms with van der Waals surface area (Å²) >= 11 is 4.78. The van der Waals surface area contributed by atoms with Crippen LogP contribution in [0.15, 0.2) is 45.8 Å². The molecule has 0 fully saturated rings. The first kappa shape index (κ1) is 13.4. The van der Waals surface area contributed by atoms with Crippen molar-refractivity contribution in [3.8, 4) is 0 Å². The SMILES string of the molecule is Cc1cccc(CSc2cc(Br)c(F)cc2N)c1. The molecule has 2 N–H and O–H groups in total. The minimum atomic E-state index is -0.326. The zero-order valence-electron chi connectivity index (χ0n) is 9.91. The third-order valence-electron chi connectivity index (χ3n) is 2.53. The largest absolute Gasteiger partial charge is 0.398 e. The van der Waals surface area contributed by atoms with Crippen molar-refractivity contribution in [2.45, 2.75) is 17.6 Å². The van der Waals surface area contributed by atoms with Gasteiger partial charge in [0.1, 0.15) is 5.82 Å². The molecule has 94 valence electrons. The molecule has 0 saturated heterocycles. The highest BCUT2D eigenvalue weighted by Gasteiger charge is 2.06. The molecule has 0 atom stereocenters. The number of thioether (sulfide) groups is 1. The molecule has 0 bridgehead atoms. The number of hydrogen-bond donors (Lipinski definition) is 1. The molecule has 2 aromatic carbocycles. The Morgan fingerprint density at radius 3 is 2.78 bits per heavy atom. The van der Waals surface area contributed by atoms with Crippen molar-refractivity contribution in [2.75, 3.05) is 5.73 Å². The topological polar surface area (TPSA) is 26.0 Å². The Morgan fingerprint density at radius 2 is 2.06 bits per heavy atom. The molecule has 0 aliphatic carbocycles. The number of aryl methyl sites for hydroxylation is 1. The van der Waals surface area contributed by atoms with Crippen molar-refractivity contribution in [3.63, 3.8) is 0 Å². The lowest BCUT2D eigenvalue weighted by Gasteiger charge is -2.07. The van der Waals surface area contributed by atoms with E-state index in [0.29, 0.717) is 10.2 Å². The fourth-order valence-corrected chi connectivity index (χ4v) is 3.06. The highest BCUT2D eigenvalue weighted by Crippen LogP contribution is 2.32. The maximum absolute atomic E-state index is 13.2. The molecule has 2 rings (SSSR count). The van der Waals surface area contributed by atoms with Crippen LogP contribution in [0.3, 0.4) is 0 Å². The van der Waals surface area contributed by atoms with Gasteiger partial charge in [0.05, 0.1) is 4.47 Å². The highest BCUT2D eigenvalue weighted by molar-refractivity contribution is 9.10. The molecule has 4 heteroatoms. The van der Waals surface area contributed by atoms with E-state index in [1.807, 2.05) is 6.07 Å². The van der Waals surface area contributed by atoms with E-state index in [1.165, 1.54) is 17.2 Å². The Bertz CT molecular complexity index is 572. The Labute approximate surface area is 119 Å². The van der Waals surface area contributed by atoms with Crippen LogP contribution in [-0.2, 0) is 5.75 Å². The molecule has 0 aliphatic rings. The molecule has 0 radical (unpaired) electrons. The molecule has 1 nitrogen and oxygen atoms in total. The maximum Gasteiger partial charge on any atom is 0.139 e. The van der Waals surface area contributed by atoms with E-state index in [-0.39, 0.29) is 5.82 Å². The quantitative estimate of drug-likeness (QED) is 0.649. The molecular weight excluding hydrogens is 313 g/mol. The summed E-state index contributed by atoms with van der Waals surface area (Å²) < 4.78 is 13.7. The van der Waals surface area contributed by atoms with Crippen LogP contribution >= 0.6 is 27.7 Å². The average Bonchev–Trinajstić information content (AvgIpc) is 2.32. The Kier molecular flexibility index (Phi) is 4.30. The number of halogens is 2. The van der Waals surface area contributed by atoms with Crippen LogP contribution in [-0.4, -0.2) is 0 Å². The second-order valence-corrected chi connectivity index (χ2v) is 5.95. The van der Waals surface area contributed by atoms with Gasteiger partial charge in [-0.25, -0.2) is 4.39 Å². The van der Waals surface area contributed by atoms with Gasteiger partial charge in [-0.15, -0.1) is 11.8 Å². The molecule has 0 heterocycles. The van der Waals surface area contributed by atoms with Gasteiger partial charge in [0.15, 0.2) is 0 Å². The molecular formula is C14H13BrFNS. The van der Waals surface area contributed by atoms with Crippen LogP contribution in [0.1, 0.15) is 11.1 Å². The zero-order chi connectivity index (χ0) is 13.1. The van der Waals surface area contributed by atoms with Crippen LogP contribution in [0.25, 0.3) is 0 Å². The molecule has 0 spiro atoms. The van der Waals surface area contributed by atoms with Crippen molar-refractivity contribution in [3.05, 3.63) is 57.8 Å². The summed E-state index contributed by atoms with van der Waals surface area (Å²) in [6.07, 6.45) is 0. The summed E-state index contributed by atoms with van der Waals surface area (Å²) in [7, 11) is 0. The predicted octanol–water partition coefficient (Wildman–Crippen LogP) is 4.77. The minimum absolute atomic E-state index is 0.326. The van der Waals surface area contributed by atoms with Crippen LogP contribution < -0.4 is 5.73 Å². The smallest absolute Gasteiger partial charge is 0.139 e. The molecule has 18 heavy (non-hydrogen) atoms. The summed E-state index contributed by atoms with van der Waals surface area (Å²) in [5.41, 5.74) is 8.76. The summed E-state index contributed by atoms with van der Waals surface area (Å²) in [6.45, 7) is 2.07. The van der Waals surface area contributed by atoms with Crippen LogP contribution in [0, 0.1) is 12.7 Å². The fraction of sp³-hybridized carbons (Fsp3) is 0.143. The van der Waals surface area contributed by atoms with Gasteiger partial charge in [0, 0.05) is 16.3 Å². The summed E-state index contributed by atoms with van der Waals surface area (Å²) in [5, 5.41) is 0. The lowest BCUT2D eigenvalue weighted by Crippen LogP contribution is -1.92. The lowest BCUT2D eigenvalue weighted by molar-refractivity contribution is 0.620. The van der Waals surface area contributed by atoms with Gasteiger partial charge in [-0.05, 0) is 40.5 Å². The lowest BCUT2D eigenvalue weighted by atomic mass is 10.2. The number of rotatable bonds is 3. The Balaban J connectivity index is 2.13. The predicted molar refractivity (Wildman–Crippen MR) is 79.3 cm³/mol. The Hall–Kier alpha value is -1.00. The standard InChI is InChI=1S/C14H13BrFNS/c1-9-3-2-4-10(5-9)8-18-14-6-11(15)12(16)7-13(14)17/h2-7H,8,17H2,1H3. The van der Waals surface area contributed by atoms with Crippen molar-refractivity contribution < 1.29 is 4.39 Å². The number of anilines is 1. The first-order chi connectivity index (χ1) is 8.56. The monoisotopic (exact) mass is 325 g/mol. The number of nitrogens with two attached hydrogens (primary N) is 1. The summed E-state index contributed by atoms with van der Waals surface area (Å²) in [6, 6.07) is 11.4. The van der Waals surface area contributed by atoms with Gasteiger partial charge in [-0.1, -0.05) is 29.8 Å². The summed E-state index contributed by atoms with van der Waals surface area (Å²) in [4.78, 5) is 0.893. The van der Waals surface area contributed by atoms with E-state index < -0.39 is 0 Å². The molecule has 0 saturated carbocycles. The number of nitrogen functional groups attached to an aromatic ring is 1. The molecule has 0 unspecified atom stereocenters. The summed E-state index contributed by atoms with van der Waals surface area (Å²) in [5.74, 6) is 0.497. The third kappa shape index (κ3) is 3.27. The van der Waals surface area contributed by atoms with Crippen molar-refractivity contribution >= 4 is 33.4 Å². The second kappa shape index (κ2) is 5.76. The van der Waals surface area contributed by atoms with Crippen molar-refractivity contribution in [1.82, 2.24) is 0 Å². The van der Waals surface area contributed by atoms with E-state index >= 15 is 0 Å². The first-order valence-corrected chi connectivity index (χ1v) is 7.27. The molecule has 2 aromatic rings. The third-order valence-corrected chi connectivity index (χ3v) is 4.28. The van der Waals surface area contributed by atoms with Gasteiger partial charge in [0.25, 0.3) is 0 Å². The van der Waals surface area contributed by atoms with E-state index in [0.717, 1.165) is 10.6 Å². The van der Waals surface area contributed by atoms with E-state index in [2.05, 4.69) is 41.1 Å². The number of benzene rings is 2. The maximum atomic E-state index is 13.2. The normalized spacial score (nSPS) is 10.6. The van der Waals surface area contributed by atoms with Crippen molar-refractivity contribution in [1.29, 1.82) is 0 Å². The van der Waals surface area contributed by atoms with Crippen LogP contribution in [0.2, 0.25) is 0 Å².